The molecule has 0 aliphatic carbocycles. The summed E-state index contributed by atoms with van der Waals surface area (Å²) in [5, 5.41) is 3.02. The van der Waals surface area contributed by atoms with E-state index in [-0.39, 0.29) is 18.2 Å². The van der Waals surface area contributed by atoms with E-state index in [2.05, 4.69) is 31.0 Å². The van der Waals surface area contributed by atoms with Crippen LogP contribution in [0.2, 0.25) is 0 Å². The molecule has 0 spiro atoms. The first-order valence-electron chi connectivity index (χ1n) is 9.73. The van der Waals surface area contributed by atoms with Gasteiger partial charge in [0.2, 0.25) is 0 Å². The number of urea groups is 1. The molecule has 2 fully saturated rings. The first-order valence-corrected chi connectivity index (χ1v) is 9.73. The normalized spacial score (nSPS) is 26.7. The van der Waals surface area contributed by atoms with Crippen LogP contribution in [0.1, 0.15) is 33.6 Å². The van der Waals surface area contributed by atoms with Gasteiger partial charge in [-0.2, -0.15) is 0 Å². The number of amides is 2. The van der Waals surface area contributed by atoms with Crippen LogP contribution in [0.3, 0.4) is 0 Å². The Kier molecular flexibility index (Phi) is 6.38. The number of piperazine rings is 1. The number of nitrogens with zero attached hydrogens (tertiary/aromatic N) is 2. The minimum Gasteiger partial charge on any atom is -0.491 e. The summed E-state index contributed by atoms with van der Waals surface area (Å²) in [6.45, 7) is 10.5. The molecule has 0 bridgehead atoms. The van der Waals surface area contributed by atoms with Crippen LogP contribution in [0.15, 0.2) is 24.3 Å². The highest BCUT2D eigenvalue weighted by Gasteiger charge is 2.31. The van der Waals surface area contributed by atoms with Gasteiger partial charge in [0.15, 0.2) is 0 Å². The van der Waals surface area contributed by atoms with E-state index in [1.165, 1.54) is 0 Å². The maximum atomic E-state index is 12.7. The van der Waals surface area contributed by atoms with Crippen molar-refractivity contribution in [2.75, 3.05) is 38.2 Å². The van der Waals surface area contributed by atoms with Crippen LogP contribution in [0.4, 0.5) is 10.5 Å². The molecule has 1 N–H and O–H groups in total. The Labute approximate surface area is 156 Å². The largest absolute Gasteiger partial charge is 0.491 e. The van der Waals surface area contributed by atoms with Crippen LogP contribution in [-0.4, -0.2) is 66.9 Å². The third kappa shape index (κ3) is 4.68. The molecular formula is C20H31N3O3. The fourth-order valence-electron chi connectivity index (χ4n) is 3.75. The predicted octanol–water partition coefficient (Wildman–Crippen LogP) is 3.19. The first-order chi connectivity index (χ1) is 12.6. The molecule has 1 aromatic carbocycles. The van der Waals surface area contributed by atoms with E-state index in [9.17, 15) is 4.79 Å². The van der Waals surface area contributed by atoms with E-state index in [0.29, 0.717) is 12.6 Å². The maximum absolute atomic E-state index is 12.7. The third-order valence-corrected chi connectivity index (χ3v) is 5.33. The summed E-state index contributed by atoms with van der Waals surface area (Å²) in [5.74, 6) is 0.760. The van der Waals surface area contributed by atoms with Gasteiger partial charge in [0.05, 0.1) is 6.10 Å². The zero-order valence-corrected chi connectivity index (χ0v) is 16.1. The number of hydrogen-bond donors (Lipinski definition) is 1. The van der Waals surface area contributed by atoms with Crippen LogP contribution >= 0.6 is 0 Å². The number of hydrogen-bond acceptors (Lipinski definition) is 4. The van der Waals surface area contributed by atoms with Gasteiger partial charge in [0.25, 0.3) is 0 Å². The number of carbonyl (C=O) groups excluding carboxylic acids is 1. The molecule has 6 heteroatoms. The van der Waals surface area contributed by atoms with Gasteiger partial charge < -0.3 is 19.7 Å². The zero-order chi connectivity index (χ0) is 18.5. The number of nitrogens with one attached hydrogen (secondary N) is 1. The fourth-order valence-corrected chi connectivity index (χ4v) is 3.75. The quantitative estimate of drug-likeness (QED) is 0.875. The van der Waals surface area contributed by atoms with E-state index >= 15 is 0 Å². The topological polar surface area (TPSA) is 54.0 Å². The second-order valence-electron chi connectivity index (χ2n) is 7.34. The number of rotatable bonds is 5. The molecule has 26 heavy (non-hydrogen) atoms. The van der Waals surface area contributed by atoms with Crippen molar-refractivity contribution in [2.24, 2.45) is 0 Å². The highest BCUT2D eigenvalue weighted by molar-refractivity contribution is 5.89. The van der Waals surface area contributed by atoms with Crippen molar-refractivity contribution in [2.45, 2.75) is 51.8 Å². The lowest BCUT2D eigenvalue weighted by molar-refractivity contribution is 0.0679. The number of benzene rings is 1. The molecule has 2 saturated heterocycles. The average Bonchev–Trinajstić information content (AvgIpc) is 3.15. The summed E-state index contributed by atoms with van der Waals surface area (Å²) in [4.78, 5) is 17.1. The van der Waals surface area contributed by atoms with Crippen LogP contribution in [0.5, 0.6) is 5.75 Å². The van der Waals surface area contributed by atoms with Crippen LogP contribution < -0.4 is 10.1 Å². The van der Waals surface area contributed by atoms with E-state index in [1.54, 1.807) is 0 Å². The predicted molar refractivity (Wildman–Crippen MR) is 103 cm³/mol. The lowest BCUT2D eigenvalue weighted by Crippen LogP contribution is -2.58. The van der Waals surface area contributed by atoms with E-state index in [0.717, 1.165) is 50.5 Å². The lowest BCUT2D eigenvalue weighted by atomic mass is 10.1. The minimum atomic E-state index is -0.0450. The van der Waals surface area contributed by atoms with Crippen LogP contribution in [0.25, 0.3) is 0 Å². The smallest absolute Gasteiger partial charge is 0.322 e. The van der Waals surface area contributed by atoms with E-state index < -0.39 is 0 Å². The Morgan fingerprint density at radius 2 is 2.15 bits per heavy atom. The Bertz CT molecular complexity index is 604. The van der Waals surface area contributed by atoms with Crippen molar-refractivity contribution >= 4 is 11.7 Å². The highest BCUT2D eigenvalue weighted by atomic mass is 16.5. The van der Waals surface area contributed by atoms with Gasteiger partial charge in [-0.25, -0.2) is 4.79 Å². The van der Waals surface area contributed by atoms with Gasteiger partial charge in [-0.1, -0.05) is 13.0 Å². The van der Waals surface area contributed by atoms with Crippen LogP contribution in [0, 0.1) is 0 Å². The Hall–Kier alpha value is -1.79. The van der Waals surface area contributed by atoms with Crippen molar-refractivity contribution in [3.63, 3.8) is 0 Å². The fraction of sp³-hybridized carbons (Fsp3) is 0.650. The summed E-state index contributed by atoms with van der Waals surface area (Å²) in [7, 11) is 0. The van der Waals surface area contributed by atoms with Gasteiger partial charge in [-0.05, 0) is 45.4 Å². The molecule has 2 aliphatic rings. The first kappa shape index (κ1) is 19.0. The van der Waals surface area contributed by atoms with Crippen molar-refractivity contribution in [3.8, 4) is 5.75 Å². The molecule has 144 valence electrons. The summed E-state index contributed by atoms with van der Waals surface area (Å²) in [6, 6.07) is 8.12. The molecule has 0 aromatic heterocycles. The summed E-state index contributed by atoms with van der Waals surface area (Å²) >= 11 is 0. The van der Waals surface area contributed by atoms with Crippen molar-refractivity contribution < 1.29 is 14.3 Å². The molecule has 1 aromatic rings. The second kappa shape index (κ2) is 8.73. The Morgan fingerprint density at radius 3 is 2.88 bits per heavy atom. The molecule has 3 atom stereocenters. The molecule has 2 aliphatic heterocycles. The molecule has 3 rings (SSSR count). The molecule has 0 unspecified atom stereocenters. The number of ether oxygens (including phenoxy) is 2. The second-order valence-corrected chi connectivity index (χ2v) is 7.34. The van der Waals surface area contributed by atoms with Crippen molar-refractivity contribution in [3.05, 3.63) is 24.3 Å². The van der Waals surface area contributed by atoms with Gasteiger partial charge in [0.1, 0.15) is 12.4 Å². The minimum absolute atomic E-state index is 0.0450. The Balaban J connectivity index is 1.56. The third-order valence-electron chi connectivity index (χ3n) is 5.33. The summed E-state index contributed by atoms with van der Waals surface area (Å²) in [6.07, 6.45) is 2.34. The molecule has 0 radical (unpaired) electrons. The van der Waals surface area contributed by atoms with Gasteiger partial charge in [-0.15, -0.1) is 0 Å². The maximum Gasteiger partial charge on any atom is 0.322 e. The lowest BCUT2D eigenvalue weighted by Gasteiger charge is -2.43. The van der Waals surface area contributed by atoms with Gasteiger partial charge in [-0.3, -0.25) is 4.90 Å². The summed E-state index contributed by atoms with van der Waals surface area (Å²) in [5.41, 5.74) is 0.762. The molecule has 2 amide bonds. The average molecular weight is 361 g/mol. The van der Waals surface area contributed by atoms with E-state index in [4.69, 9.17) is 9.47 Å². The van der Waals surface area contributed by atoms with Crippen molar-refractivity contribution in [1.29, 1.82) is 0 Å². The number of carbonyl (C=O) groups is 1. The monoisotopic (exact) mass is 361 g/mol. The molecule has 2 heterocycles. The van der Waals surface area contributed by atoms with Gasteiger partial charge >= 0.3 is 6.03 Å². The van der Waals surface area contributed by atoms with Crippen LogP contribution in [-0.2, 0) is 4.74 Å². The number of anilines is 1. The SMILES string of the molecule is CCN1C[C@H](C)N(C(=O)Nc2cccc(OC[C@H]3CCCO3)c2)C[C@@H]1C. The van der Waals surface area contributed by atoms with E-state index in [1.807, 2.05) is 29.2 Å². The van der Waals surface area contributed by atoms with Crippen molar-refractivity contribution in [1.82, 2.24) is 9.80 Å². The Morgan fingerprint density at radius 1 is 1.31 bits per heavy atom. The molecular weight excluding hydrogens is 330 g/mol. The molecule has 6 nitrogen and oxygen atoms in total. The molecule has 0 saturated carbocycles. The van der Waals surface area contributed by atoms with Gasteiger partial charge in [0, 0.05) is 43.5 Å². The summed E-state index contributed by atoms with van der Waals surface area (Å²) < 4.78 is 11.4. The number of likely N-dealkylation sites (N-methyl/N-ethyl adjacent to an activating group) is 1. The standard InChI is InChI=1S/C20H31N3O3/c1-4-22-12-16(3)23(13-15(22)2)20(24)21-17-7-5-8-18(11-17)26-14-19-9-6-10-25-19/h5,7-8,11,15-16,19H,4,6,9-10,12-14H2,1-3H3,(H,21,24)/t15-,16-,19+/m0/s1. The zero-order valence-electron chi connectivity index (χ0n) is 16.1. The highest BCUT2D eigenvalue weighted by Crippen LogP contribution is 2.21.